The standard InChI is InChI=1S/C11H12N2O/c1-7-8-4-2-3-5-9(8)10(6-12)11(14)13-7/h10H,2-5H2,1H3. The molecule has 0 radical (unpaired) electrons. The van der Waals surface area contributed by atoms with Gasteiger partial charge in [0.15, 0.2) is 0 Å². The fourth-order valence-electron chi connectivity index (χ4n) is 2.24. The number of hydrogen-bond acceptors (Lipinski definition) is 2. The maximum Gasteiger partial charge on any atom is 0.267 e. The van der Waals surface area contributed by atoms with Crippen molar-refractivity contribution in [3.05, 3.63) is 11.1 Å². The molecule has 0 spiro atoms. The van der Waals surface area contributed by atoms with Crippen LogP contribution in [0.25, 0.3) is 0 Å². The fourth-order valence-corrected chi connectivity index (χ4v) is 2.24. The topological polar surface area (TPSA) is 53.2 Å². The maximum atomic E-state index is 11.4. The van der Waals surface area contributed by atoms with Crippen molar-refractivity contribution in [1.82, 2.24) is 0 Å². The molecule has 1 amide bonds. The van der Waals surface area contributed by atoms with Crippen molar-refractivity contribution in [2.45, 2.75) is 32.6 Å². The molecule has 2 aliphatic rings. The number of carbonyl (C=O) groups is 1. The molecule has 0 N–H and O–H groups in total. The van der Waals surface area contributed by atoms with Crippen LogP contribution in [-0.4, -0.2) is 11.6 Å². The first-order chi connectivity index (χ1) is 6.74. The Labute approximate surface area is 83.1 Å². The zero-order valence-corrected chi connectivity index (χ0v) is 8.21. The van der Waals surface area contributed by atoms with Crippen LogP contribution in [0.5, 0.6) is 0 Å². The van der Waals surface area contributed by atoms with E-state index in [1.807, 2.05) is 6.92 Å². The lowest BCUT2D eigenvalue weighted by molar-refractivity contribution is -0.119. The van der Waals surface area contributed by atoms with E-state index in [9.17, 15) is 4.79 Å². The predicted octanol–water partition coefficient (Wildman–Crippen LogP) is 2.00. The van der Waals surface area contributed by atoms with Crippen LogP contribution in [0.2, 0.25) is 0 Å². The summed E-state index contributed by atoms with van der Waals surface area (Å²) in [4.78, 5) is 15.4. The summed E-state index contributed by atoms with van der Waals surface area (Å²) in [5.41, 5.74) is 3.04. The van der Waals surface area contributed by atoms with E-state index >= 15 is 0 Å². The molecule has 1 atom stereocenters. The Morgan fingerprint density at radius 3 is 2.86 bits per heavy atom. The highest BCUT2D eigenvalue weighted by Crippen LogP contribution is 2.34. The molecule has 14 heavy (non-hydrogen) atoms. The summed E-state index contributed by atoms with van der Waals surface area (Å²) in [6, 6.07) is 2.06. The maximum absolute atomic E-state index is 11.4. The Morgan fingerprint density at radius 2 is 2.14 bits per heavy atom. The number of hydrogen-bond donors (Lipinski definition) is 0. The van der Waals surface area contributed by atoms with Gasteiger partial charge in [-0.3, -0.25) is 4.79 Å². The van der Waals surface area contributed by atoms with Crippen LogP contribution in [-0.2, 0) is 4.79 Å². The van der Waals surface area contributed by atoms with Crippen molar-refractivity contribution < 1.29 is 4.79 Å². The van der Waals surface area contributed by atoms with Gasteiger partial charge in [-0.2, -0.15) is 5.26 Å². The minimum Gasteiger partial charge on any atom is -0.271 e. The monoisotopic (exact) mass is 188 g/mol. The van der Waals surface area contributed by atoms with E-state index < -0.39 is 5.92 Å². The highest BCUT2D eigenvalue weighted by molar-refractivity contribution is 6.10. The molecule has 0 aromatic rings. The lowest BCUT2D eigenvalue weighted by atomic mass is 9.80. The Bertz CT molecular complexity index is 385. The molecule has 0 bridgehead atoms. The molecule has 3 nitrogen and oxygen atoms in total. The first-order valence-electron chi connectivity index (χ1n) is 4.95. The Morgan fingerprint density at radius 1 is 1.43 bits per heavy atom. The van der Waals surface area contributed by atoms with E-state index in [2.05, 4.69) is 11.1 Å². The summed E-state index contributed by atoms with van der Waals surface area (Å²) in [5, 5.41) is 8.91. The molecular weight excluding hydrogens is 176 g/mol. The Hall–Kier alpha value is -1.43. The van der Waals surface area contributed by atoms with Gasteiger partial charge in [0, 0.05) is 5.71 Å². The second kappa shape index (κ2) is 3.38. The second-order valence-electron chi connectivity index (χ2n) is 3.81. The van der Waals surface area contributed by atoms with Crippen LogP contribution in [0.1, 0.15) is 32.6 Å². The van der Waals surface area contributed by atoms with Gasteiger partial charge >= 0.3 is 0 Å². The zero-order valence-electron chi connectivity index (χ0n) is 8.21. The highest BCUT2D eigenvalue weighted by Gasteiger charge is 2.31. The fraction of sp³-hybridized carbons (Fsp3) is 0.545. The first kappa shape index (κ1) is 9.14. The van der Waals surface area contributed by atoms with Gasteiger partial charge < -0.3 is 0 Å². The SMILES string of the molecule is CC1=NC(=O)C(C#N)C2=C1CCCC2. The van der Waals surface area contributed by atoms with Crippen LogP contribution in [0.4, 0.5) is 0 Å². The normalized spacial score (nSPS) is 26.7. The molecular formula is C11H12N2O. The molecule has 1 heterocycles. The van der Waals surface area contributed by atoms with Crippen LogP contribution in [0, 0.1) is 17.2 Å². The summed E-state index contributed by atoms with van der Waals surface area (Å²) in [5.74, 6) is -0.861. The molecule has 0 aromatic heterocycles. The summed E-state index contributed by atoms with van der Waals surface area (Å²) in [6.07, 6.45) is 4.12. The van der Waals surface area contributed by atoms with E-state index in [0.717, 1.165) is 37.0 Å². The highest BCUT2D eigenvalue weighted by atomic mass is 16.1. The summed E-state index contributed by atoms with van der Waals surface area (Å²) in [7, 11) is 0. The van der Waals surface area contributed by atoms with E-state index in [1.54, 1.807) is 0 Å². The van der Waals surface area contributed by atoms with Crippen molar-refractivity contribution in [3.63, 3.8) is 0 Å². The van der Waals surface area contributed by atoms with Crippen LogP contribution < -0.4 is 0 Å². The van der Waals surface area contributed by atoms with Crippen molar-refractivity contribution in [1.29, 1.82) is 5.26 Å². The number of amides is 1. The molecule has 0 fully saturated rings. The van der Waals surface area contributed by atoms with Crippen molar-refractivity contribution in [2.75, 3.05) is 0 Å². The summed E-state index contributed by atoms with van der Waals surface area (Å²) >= 11 is 0. The van der Waals surface area contributed by atoms with Gasteiger partial charge in [-0.05, 0) is 43.8 Å². The Kier molecular flexibility index (Phi) is 2.20. The molecule has 0 saturated carbocycles. The molecule has 0 aromatic carbocycles. The van der Waals surface area contributed by atoms with Crippen LogP contribution in [0.15, 0.2) is 16.1 Å². The number of nitrogens with zero attached hydrogens (tertiary/aromatic N) is 2. The lowest BCUT2D eigenvalue weighted by Gasteiger charge is -2.25. The molecule has 1 aliphatic carbocycles. The van der Waals surface area contributed by atoms with Crippen LogP contribution in [0.3, 0.4) is 0 Å². The molecule has 0 saturated heterocycles. The zero-order chi connectivity index (χ0) is 10.1. The molecule has 3 heteroatoms. The minimum absolute atomic E-state index is 0.273. The molecule has 1 unspecified atom stereocenters. The van der Waals surface area contributed by atoms with Gasteiger partial charge in [0.25, 0.3) is 5.91 Å². The lowest BCUT2D eigenvalue weighted by Crippen LogP contribution is -2.25. The van der Waals surface area contributed by atoms with Gasteiger partial charge in [0.1, 0.15) is 5.92 Å². The van der Waals surface area contributed by atoms with Gasteiger partial charge in [-0.25, -0.2) is 4.99 Å². The summed E-state index contributed by atoms with van der Waals surface area (Å²) in [6.45, 7) is 1.87. The Balaban J connectivity index is 2.47. The number of allylic oxidation sites excluding steroid dienone is 1. The number of dihydropyridines is 1. The third-order valence-corrected chi connectivity index (χ3v) is 2.95. The predicted molar refractivity (Wildman–Crippen MR) is 52.7 cm³/mol. The quantitative estimate of drug-likeness (QED) is 0.583. The van der Waals surface area contributed by atoms with E-state index in [1.165, 1.54) is 5.57 Å². The number of carbonyl (C=O) groups excluding carboxylic acids is 1. The smallest absolute Gasteiger partial charge is 0.267 e. The van der Waals surface area contributed by atoms with Gasteiger partial charge in [-0.1, -0.05) is 0 Å². The van der Waals surface area contributed by atoms with E-state index in [4.69, 9.17) is 5.26 Å². The van der Waals surface area contributed by atoms with Crippen molar-refractivity contribution >= 4 is 11.6 Å². The largest absolute Gasteiger partial charge is 0.271 e. The first-order valence-corrected chi connectivity index (χ1v) is 4.95. The molecule has 72 valence electrons. The third kappa shape index (κ3) is 1.27. The van der Waals surface area contributed by atoms with E-state index in [0.29, 0.717) is 0 Å². The van der Waals surface area contributed by atoms with Crippen LogP contribution >= 0.6 is 0 Å². The minimum atomic E-state index is -0.589. The average Bonchev–Trinajstić information content (AvgIpc) is 2.18. The molecule has 1 aliphatic heterocycles. The number of nitriles is 1. The number of aliphatic imine (C=N–C) groups is 1. The van der Waals surface area contributed by atoms with Gasteiger partial charge in [-0.15, -0.1) is 0 Å². The van der Waals surface area contributed by atoms with Gasteiger partial charge in [0.2, 0.25) is 0 Å². The van der Waals surface area contributed by atoms with E-state index in [-0.39, 0.29) is 5.91 Å². The molecule has 2 rings (SSSR count). The van der Waals surface area contributed by atoms with Gasteiger partial charge in [0.05, 0.1) is 6.07 Å². The average molecular weight is 188 g/mol. The summed E-state index contributed by atoms with van der Waals surface area (Å²) < 4.78 is 0. The third-order valence-electron chi connectivity index (χ3n) is 2.95. The van der Waals surface area contributed by atoms with Crippen molar-refractivity contribution in [2.24, 2.45) is 10.9 Å². The van der Waals surface area contributed by atoms with Crippen molar-refractivity contribution in [3.8, 4) is 6.07 Å². The number of rotatable bonds is 0. The second-order valence-corrected chi connectivity index (χ2v) is 3.81.